The number of aryl methyl sites for hydroxylation is 1. The minimum atomic E-state index is -0.715. The van der Waals surface area contributed by atoms with E-state index in [4.69, 9.17) is 15.2 Å². The fraction of sp³-hybridized carbons (Fsp3) is 0.200. The van der Waals surface area contributed by atoms with E-state index in [1.165, 1.54) is 11.3 Å². The van der Waals surface area contributed by atoms with E-state index in [1.54, 1.807) is 37.3 Å². The van der Waals surface area contributed by atoms with Crippen LogP contribution in [0, 0.1) is 6.92 Å². The molecule has 1 aromatic heterocycles. The number of ether oxygens (including phenoxy) is 2. The van der Waals surface area contributed by atoms with Gasteiger partial charge in [-0.05, 0) is 50.2 Å². The molecule has 21 heavy (non-hydrogen) atoms. The first kappa shape index (κ1) is 15.1. The molecule has 2 N–H and O–H groups in total. The van der Waals surface area contributed by atoms with E-state index in [9.17, 15) is 9.59 Å². The van der Waals surface area contributed by atoms with Crippen molar-refractivity contribution in [1.29, 1.82) is 0 Å². The van der Waals surface area contributed by atoms with E-state index in [2.05, 4.69) is 0 Å². The summed E-state index contributed by atoms with van der Waals surface area (Å²) in [6.45, 7) is 3.49. The van der Waals surface area contributed by atoms with E-state index >= 15 is 0 Å². The molecule has 0 spiro atoms. The smallest absolute Gasteiger partial charge is 0.353 e. The molecule has 110 valence electrons. The van der Waals surface area contributed by atoms with Crippen LogP contribution in [0.25, 0.3) is 0 Å². The number of nitrogens with two attached hydrogens (primary N) is 1. The maximum Gasteiger partial charge on any atom is 0.353 e. The molecule has 0 radical (unpaired) electrons. The number of carbonyl (C=O) groups is 2. The van der Waals surface area contributed by atoms with E-state index in [0.29, 0.717) is 16.4 Å². The molecule has 2 rings (SSSR count). The summed E-state index contributed by atoms with van der Waals surface area (Å²) in [4.78, 5) is 24.4. The van der Waals surface area contributed by atoms with Gasteiger partial charge in [-0.25, -0.2) is 4.79 Å². The zero-order valence-electron chi connectivity index (χ0n) is 11.7. The van der Waals surface area contributed by atoms with Gasteiger partial charge in [0.2, 0.25) is 0 Å². The number of carbonyl (C=O) groups excluding carboxylic acids is 2. The largest absolute Gasteiger partial charge is 0.481 e. The topological polar surface area (TPSA) is 78.6 Å². The predicted octanol–water partition coefficient (Wildman–Crippen LogP) is 2.53. The van der Waals surface area contributed by atoms with Gasteiger partial charge in [0.25, 0.3) is 5.91 Å². The number of hydrogen-bond acceptors (Lipinski definition) is 5. The summed E-state index contributed by atoms with van der Waals surface area (Å²) in [7, 11) is 0. The van der Waals surface area contributed by atoms with E-state index < -0.39 is 18.0 Å². The summed E-state index contributed by atoms with van der Waals surface area (Å²) in [6, 6.07) is 10.0. The molecule has 1 aromatic carbocycles. The van der Waals surface area contributed by atoms with Crippen LogP contribution in [0.3, 0.4) is 0 Å². The van der Waals surface area contributed by atoms with E-state index in [1.807, 2.05) is 13.0 Å². The monoisotopic (exact) mass is 305 g/mol. The number of benzene rings is 1. The second kappa shape index (κ2) is 6.41. The molecule has 1 amide bonds. The van der Waals surface area contributed by atoms with Crippen LogP contribution in [0.2, 0.25) is 0 Å². The van der Waals surface area contributed by atoms with Crippen LogP contribution < -0.4 is 15.2 Å². The lowest BCUT2D eigenvalue weighted by Gasteiger charge is -2.11. The Kier molecular flexibility index (Phi) is 4.59. The molecule has 2 aromatic rings. The molecule has 0 aliphatic carbocycles. The predicted molar refractivity (Wildman–Crippen MR) is 79.7 cm³/mol. The summed E-state index contributed by atoms with van der Waals surface area (Å²) < 4.78 is 10.6. The summed E-state index contributed by atoms with van der Waals surface area (Å²) in [6.07, 6.45) is -0.715. The third-order valence-corrected chi connectivity index (χ3v) is 3.67. The standard InChI is InChI=1S/C15H15NO4S/c1-9-3-8-13(21-9)15(18)20-12-6-4-11(5-7-12)19-10(2)14(16)17/h3-8,10H,1-2H3,(H2,16,17)/t10-/m0/s1. The Labute approximate surface area is 126 Å². The summed E-state index contributed by atoms with van der Waals surface area (Å²) in [5.41, 5.74) is 5.11. The minimum absolute atomic E-state index is 0.396. The second-order valence-corrected chi connectivity index (χ2v) is 5.72. The molecule has 0 fully saturated rings. The quantitative estimate of drug-likeness (QED) is 0.680. The highest BCUT2D eigenvalue weighted by Gasteiger charge is 2.12. The van der Waals surface area contributed by atoms with Gasteiger partial charge in [-0.1, -0.05) is 0 Å². The van der Waals surface area contributed by atoms with Gasteiger partial charge >= 0.3 is 5.97 Å². The van der Waals surface area contributed by atoms with Crippen molar-refractivity contribution in [2.24, 2.45) is 5.73 Å². The van der Waals surface area contributed by atoms with Gasteiger partial charge in [0.1, 0.15) is 16.4 Å². The average molecular weight is 305 g/mol. The van der Waals surface area contributed by atoms with Crippen LogP contribution in [0.15, 0.2) is 36.4 Å². The summed E-state index contributed by atoms with van der Waals surface area (Å²) >= 11 is 1.38. The number of thiophene rings is 1. The van der Waals surface area contributed by atoms with Crippen LogP contribution in [0.4, 0.5) is 0 Å². The molecule has 0 saturated carbocycles. The van der Waals surface area contributed by atoms with Crippen molar-refractivity contribution in [3.8, 4) is 11.5 Å². The van der Waals surface area contributed by atoms with E-state index in [-0.39, 0.29) is 0 Å². The molecule has 1 atom stereocenters. The van der Waals surface area contributed by atoms with Crippen LogP contribution in [0.1, 0.15) is 21.5 Å². The third-order valence-electron chi connectivity index (χ3n) is 2.69. The third kappa shape index (κ3) is 4.06. The number of amides is 1. The Bertz CT molecular complexity index is 648. The minimum Gasteiger partial charge on any atom is -0.481 e. The molecule has 0 saturated heterocycles. The Balaban J connectivity index is 1.99. The number of esters is 1. The highest BCUT2D eigenvalue weighted by molar-refractivity contribution is 7.13. The lowest BCUT2D eigenvalue weighted by atomic mass is 10.3. The Morgan fingerprint density at radius 3 is 2.24 bits per heavy atom. The summed E-state index contributed by atoms with van der Waals surface area (Å²) in [5, 5.41) is 0. The Morgan fingerprint density at radius 2 is 1.71 bits per heavy atom. The molecule has 6 heteroatoms. The molecule has 0 unspecified atom stereocenters. The number of rotatable bonds is 5. The van der Waals surface area contributed by atoms with Crippen LogP contribution >= 0.6 is 11.3 Å². The van der Waals surface area contributed by atoms with Gasteiger partial charge in [-0.3, -0.25) is 4.79 Å². The van der Waals surface area contributed by atoms with Gasteiger partial charge in [-0.15, -0.1) is 11.3 Å². The molecule has 5 nitrogen and oxygen atoms in total. The zero-order chi connectivity index (χ0) is 15.4. The van der Waals surface area contributed by atoms with Gasteiger partial charge in [0, 0.05) is 4.88 Å². The zero-order valence-corrected chi connectivity index (χ0v) is 12.5. The SMILES string of the molecule is Cc1ccc(C(=O)Oc2ccc(O[C@@H](C)C(N)=O)cc2)s1. The maximum atomic E-state index is 11.9. The molecule has 0 aliphatic rings. The molecule has 0 bridgehead atoms. The van der Waals surface area contributed by atoms with Crippen LogP contribution in [-0.4, -0.2) is 18.0 Å². The average Bonchev–Trinajstić information content (AvgIpc) is 2.87. The summed E-state index contributed by atoms with van der Waals surface area (Å²) in [5.74, 6) is -0.0518. The van der Waals surface area contributed by atoms with Gasteiger partial charge in [0.05, 0.1) is 0 Å². The Hall–Kier alpha value is -2.34. The van der Waals surface area contributed by atoms with E-state index in [0.717, 1.165) is 4.88 Å². The molecule has 0 aliphatic heterocycles. The van der Waals surface area contributed by atoms with Crippen LogP contribution in [0.5, 0.6) is 11.5 Å². The first-order valence-electron chi connectivity index (χ1n) is 6.30. The molecular weight excluding hydrogens is 290 g/mol. The fourth-order valence-electron chi connectivity index (χ4n) is 1.55. The highest BCUT2D eigenvalue weighted by Crippen LogP contribution is 2.21. The molecule has 1 heterocycles. The van der Waals surface area contributed by atoms with Crippen LogP contribution in [-0.2, 0) is 4.79 Å². The van der Waals surface area contributed by atoms with Crippen molar-refractivity contribution in [2.45, 2.75) is 20.0 Å². The van der Waals surface area contributed by atoms with Crippen molar-refractivity contribution in [3.05, 3.63) is 46.2 Å². The van der Waals surface area contributed by atoms with Gasteiger partial charge in [-0.2, -0.15) is 0 Å². The number of primary amides is 1. The van der Waals surface area contributed by atoms with Crippen molar-refractivity contribution in [1.82, 2.24) is 0 Å². The lowest BCUT2D eigenvalue weighted by Crippen LogP contribution is -2.30. The van der Waals surface area contributed by atoms with Crippen molar-refractivity contribution in [3.63, 3.8) is 0 Å². The first-order valence-corrected chi connectivity index (χ1v) is 7.12. The lowest BCUT2D eigenvalue weighted by molar-refractivity contribution is -0.123. The van der Waals surface area contributed by atoms with Crippen molar-refractivity contribution in [2.75, 3.05) is 0 Å². The number of hydrogen-bond donors (Lipinski definition) is 1. The van der Waals surface area contributed by atoms with Crippen molar-refractivity contribution < 1.29 is 19.1 Å². The fourth-order valence-corrected chi connectivity index (χ4v) is 2.29. The highest BCUT2D eigenvalue weighted by atomic mass is 32.1. The molecular formula is C15H15NO4S. The van der Waals surface area contributed by atoms with Gasteiger partial charge < -0.3 is 15.2 Å². The second-order valence-electron chi connectivity index (χ2n) is 4.43. The first-order chi connectivity index (χ1) is 9.95. The van der Waals surface area contributed by atoms with Gasteiger partial charge in [0.15, 0.2) is 6.10 Å². The maximum absolute atomic E-state index is 11.9. The normalized spacial score (nSPS) is 11.7. The van der Waals surface area contributed by atoms with Crippen molar-refractivity contribution >= 4 is 23.2 Å². The Morgan fingerprint density at radius 1 is 1.10 bits per heavy atom.